The van der Waals surface area contributed by atoms with Gasteiger partial charge in [-0.15, -0.1) is 0 Å². The Morgan fingerprint density at radius 2 is 1.33 bits per heavy atom. The van der Waals surface area contributed by atoms with Gasteiger partial charge >= 0.3 is 10.4 Å². The molecule has 1 fully saturated rings. The average Bonchev–Trinajstić information content (AvgIpc) is 2.41. The van der Waals surface area contributed by atoms with Crippen LogP contribution in [0.1, 0.15) is 77.6 Å². The number of nitrogens with one attached hydrogen (secondary N) is 1. The van der Waals surface area contributed by atoms with Crippen LogP contribution in [0.15, 0.2) is 0 Å². The van der Waals surface area contributed by atoms with Crippen molar-refractivity contribution in [3.63, 3.8) is 0 Å². The van der Waals surface area contributed by atoms with Crippen LogP contribution in [-0.4, -0.2) is 27.8 Å². The Morgan fingerprint density at radius 1 is 0.810 bits per heavy atom. The maximum atomic E-state index is 10.6. The van der Waals surface area contributed by atoms with Gasteiger partial charge in [-0.05, 0) is 13.0 Å². The zero-order valence-electron chi connectivity index (χ0n) is 13.3. The fourth-order valence-corrected chi connectivity index (χ4v) is 3.18. The third-order valence-electron chi connectivity index (χ3n) is 3.71. The summed E-state index contributed by atoms with van der Waals surface area (Å²) in [7, 11) is -3.63. The van der Waals surface area contributed by atoms with Crippen molar-refractivity contribution in [3.05, 3.63) is 0 Å². The van der Waals surface area contributed by atoms with Gasteiger partial charge in [0.1, 0.15) is 0 Å². The second-order valence-corrected chi connectivity index (χ2v) is 6.95. The van der Waals surface area contributed by atoms with Crippen LogP contribution in [0.3, 0.4) is 0 Å². The van der Waals surface area contributed by atoms with Crippen molar-refractivity contribution < 1.29 is 16.8 Å². The van der Waals surface area contributed by atoms with E-state index in [1.807, 2.05) is 0 Å². The van der Waals surface area contributed by atoms with E-state index >= 15 is 0 Å². The van der Waals surface area contributed by atoms with Crippen LogP contribution < -0.4 is 5.32 Å². The van der Waals surface area contributed by atoms with Crippen molar-refractivity contribution in [2.75, 3.05) is 13.1 Å². The molecule has 5 nitrogen and oxygen atoms in total. The highest BCUT2D eigenvalue weighted by atomic mass is 32.3. The van der Waals surface area contributed by atoms with Gasteiger partial charge in [-0.3, -0.25) is 0 Å². The third kappa shape index (κ3) is 10.2. The summed E-state index contributed by atoms with van der Waals surface area (Å²) < 4.78 is 30.2. The molecule has 0 radical (unpaired) electrons. The summed E-state index contributed by atoms with van der Waals surface area (Å²) in [5.74, 6) is 0. The van der Waals surface area contributed by atoms with E-state index in [1.165, 1.54) is 64.2 Å². The summed E-state index contributed by atoms with van der Waals surface area (Å²) in [6.45, 7) is 3.97. The second-order valence-electron chi connectivity index (χ2n) is 5.75. The van der Waals surface area contributed by atoms with Crippen LogP contribution in [0.25, 0.3) is 0 Å². The lowest BCUT2D eigenvalue weighted by Crippen LogP contribution is -2.38. The van der Waals surface area contributed by atoms with Crippen LogP contribution in [0.5, 0.6) is 0 Å². The van der Waals surface area contributed by atoms with Gasteiger partial charge in [0.2, 0.25) is 0 Å². The normalized spacial score (nSPS) is 17.8. The van der Waals surface area contributed by atoms with Gasteiger partial charge in [-0.1, -0.05) is 64.7 Å². The summed E-state index contributed by atoms with van der Waals surface area (Å²) in [6, 6.07) is 0. The predicted octanol–water partition coefficient (Wildman–Crippen LogP) is 3.50. The summed E-state index contributed by atoms with van der Waals surface area (Å²) >= 11 is 0. The molecule has 0 aromatic heterocycles. The molecule has 0 aliphatic carbocycles. The van der Waals surface area contributed by atoms with E-state index in [0.717, 1.165) is 13.1 Å². The van der Waals surface area contributed by atoms with Gasteiger partial charge < -0.3 is 5.32 Å². The molecule has 1 heterocycles. The molecule has 1 saturated heterocycles. The lowest BCUT2D eigenvalue weighted by molar-refractivity contribution is -0.0824. The maximum Gasteiger partial charge on any atom is 0.404 e. The fraction of sp³-hybridized carbons (Fsp3) is 1.00. The van der Waals surface area contributed by atoms with Crippen molar-refractivity contribution in [2.45, 2.75) is 83.8 Å². The molecular formula is C15H31NO4S. The Labute approximate surface area is 130 Å². The van der Waals surface area contributed by atoms with Crippen molar-refractivity contribution in [3.8, 4) is 0 Å². The first-order valence-corrected chi connectivity index (χ1v) is 9.79. The van der Waals surface area contributed by atoms with Gasteiger partial charge in [0.05, 0.1) is 0 Å². The van der Waals surface area contributed by atoms with Crippen molar-refractivity contribution in [2.24, 2.45) is 0 Å². The fourth-order valence-electron chi connectivity index (χ4n) is 2.45. The van der Waals surface area contributed by atoms with E-state index in [4.69, 9.17) is 0 Å². The highest BCUT2D eigenvalue weighted by Gasteiger charge is 2.35. The SMILES string of the molecule is CCCCCCCCCCCCNCCC1OS(=O)(=O)O1. The highest BCUT2D eigenvalue weighted by molar-refractivity contribution is 7.82. The molecule has 1 N–H and O–H groups in total. The van der Waals surface area contributed by atoms with E-state index < -0.39 is 16.7 Å². The Morgan fingerprint density at radius 3 is 1.86 bits per heavy atom. The van der Waals surface area contributed by atoms with Gasteiger partial charge in [-0.25, -0.2) is 8.37 Å². The standard InChI is InChI=1S/C15H31NO4S/c1-2-3-4-5-6-7-8-9-10-11-13-16-14-12-15-19-21(17,18)20-15/h15-16H,2-14H2,1H3. The molecule has 126 valence electrons. The highest BCUT2D eigenvalue weighted by Crippen LogP contribution is 2.20. The van der Waals surface area contributed by atoms with E-state index in [1.54, 1.807) is 0 Å². The van der Waals surface area contributed by atoms with Crippen LogP contribution in [0.2, 0.25) is 0 Å². The molecule has 6 heteroatoms. The average molecular weight is 321 g/mol. The lowest BCUT2D eigenvalue weighted by atomic mass is 10.1. The molecule has 0 bridgehead atoms. The summed E-state index contributed by atoms with van der Waals surface area (Å²) in [5.41, 5.74) is 0. The Kier molecular flexibility index (Phi) is 10.3. The second kappa shape index (κ2) is 11.4. The minimum absolute atomic E-state index is 0.574. The number of hydrogen-bond donors (Lipinski definition) is 1. The molecule has 0 aromatic carbocycles. The molecule has 0 atom stereocenters. The first kappa shape index (κ1) is 18.9. The molecule has 0 spiro atoms. The van der Waals surface area contributed by atoms with E-state index in [9.17, 15) is 8.42 Å². The quantitative estimate of drug-likeness (QED) is 0.496. The smallest absolute Gasteiger partial charge is 0.317 e. The zero-order chi connectivity index (χ0) is 15.4. The largest absolute Gasteiger partial charge is 0.404 e. The van der Waals surface area contributed by atoms with Crippen molar-refractivity contribution >= 4 is 10.4 Å². The zero-order valence-corrected chi connectivity index (χ0v) is 14.1. The Hall–Kier alpha value is -0.170. The minimum Gasteiger partial charge on any atom is -0.317 e. The van der Waals surface area contributed by atoms with Crippen LogP contribution >= 0.6 is 0 Å². The molecule has 0 amide bonds. The van der Waals surface area contributed by atoms with E-state index in [0.29, 0.717) is 6.42 Å². The van der Waals surface area contributed by atoms with Gasteiger partial charge in [0.15, 0.2) is 6.29 Å². The lowest BCUT2D eigenvalue weighted by Gasteiger charge is -2.24. The molecule has 0 unspecified atom stereocenters. The molecular weight excluding hydrogens is 290 g/mol. The Balaban J connectivity index is 1.69. The molecule has 0 saturated carbocycles. The number of hydrogen-bond acceptors (Lipinski definition) is 5. The van der Waals surface area contributed by atoms with Gasteiger partial charge in [0, 0.05) is 13.0 Å². The van der Waals surface area contributed by atoms with Gasteiger partial charge in [0.25, 0.3) is 0 Å². The summed E-state index contributed by atoms with van der Waals surface area (Å²) in [5, 5.41) is 3.28. The van der Waals surface area contributed by atoms with Crippen LogP contribution in [0.4, 0.5) is 0 Å². The number of unbranched alkanes of at least 4 members (excludes halogenated alkanes) is 9. The van der Waals surface area contributed by atoms with Crippen molar-refractivity contribution in [1.29, 1.82) is 0 Å². The first-order valence-electron chi connectivity index (χ1n) is 8.46. The first-order chi connectivity index (χ1) is 10.1. The number of rotatable bonds is 14. The predicted molar refractivity (Wildman–Crippen MR) is 84.2 cm³/mol. The third-order valence-corrected chi connectivity index (χ3v) is 4.61. The van der Waals surface area contributed by atoms with Crippen molar-refractivity contribution in [1.82, 2.24) is 5.32 Å². The molecule has 0 aromatic rings. The molecule has 1 aliphatic heterocycles. The van der Waals surface area contributed by atoms with Crippen LogP contribution in [-0.2, 0) is 18.8 Å². The minimum atomic E-state index is -3.63. The van der Waals surface area contributed by atoms with E-state index in [-0.39, 0.29) is 0 Å². The maximum absolute atomic E-state index is 10.6. The molecule has 21 heavy (non-hydrogen) atoms. The summed E-state index contributed by atoms with van der Waals surface area (Å²) in [4.78, 5) is 0. The molecule has 1 rings (SSSR count). The molecule has 1 aliphatic rings. The van der Waals surface area contributed by atoms with Crippen LogP contribution in [0, 0.1) is 0 Å². The Bertz CT molecular complexity index is 334. The van der Waals surface area contributed by atoms with Gasteiger partial charge in [-0.2, -0.15) is 8.42 Å². The summed E-state index contributed by atoms with van der Waals surface area (Å²) in [6.07, 6.45) is 13.4. The van der Waals surface area contributed by atoms with E-state index in [2.05, 4.69) is 20.6 Å². The topological polar surface area (TPSA) is 64.6 Å². The monoisotopic (exact) mass is 321 g/mol.